The molecule has 0 aliphatic heterocycles. The first-order valence-corrected chi connectivity index (χ1v) is 7.13. The number of aryl methyl sites for hydroxylation is 1. The quantitative estimate of drug-likeness (QED) is 0.909. The maximum absolute atomic E-state index is 12.2. The molecule has 1 heterocycles. The second-order valence-electron chi connectivity index (χ2n) is 5.57. The van der Waals surface area contributed by atoms with Crippen LogP contribution in [0.2, 0.25) is 0 Å². The van der Waals surface area contributed by atoms with Gasteiger partial charge >= 0.3 is 0 Å². The van der Waals surface area contributed by atoms with E-state index < -0.39 is 5.60 Å². The van der Waals surface area contributed by atoms with Crippen molar-refractivity contribution in [1.29, 1.82) is 0 Å². The molecule has 1 aliphatic carbocycles. The van der Waals surface area contributed by atoms with E-state index in [1.807, 2.05) is 19.1 Å². The number of nitrogens with zero attached hydrogens (tertiary/aromatic N) is 1. The van der Waals surface area contributed by atoms with E-state index >= 15 is 0 Å². The minimum Gasteiger partial charge on any atom is -0.444 e. The van der Waals surface area contributed by atoms with Crippen molar-refractivity contribution in [1.82, 2.24) is 4.98 Å². The van der Waals surface area contributed by atoms with E-state index in [0.29, 0.717) is 24.4 Å². The van der Waals surface area contributed by atoms with Crippen molar-refractivity contribution in [2.24, 2.45) is 0 Å². The van der Waals surface area contributed by atoms with Crippen LogP contribution in [0.3, 0.4) is 0 Å². The number of hydrogen-bond acceptors (Lipinski definition) is 4. The van der Waals surface area contributed by atoms with E-state index in [4.69, 9.17) is 4.42 Å². The number of oxazole rings is 1. The number of carbonyl (C=O) groups excluding carboxylic acids is 1. The van der Waals surface area contributed by atoms with E-state index in [1.54, 1.807) is 18.4 Å². The second kappa shape index (κ2) is 5.33. The van der Waals surface area contributed by atoms with Gasteiger partial charge in [0.1, 0.15) is 11.9 Å². The van der Waals surface area contributed by atoms with Gasteiger partial charge < -0.3 is 14.8 Å². The number of anilines is 1. The predicted octanol–water partition coefficient (Wildman–Crippen LogP) is 2.89. The van der Waals surface area contributed by atoms with Crippen molar-refractivity contribution >= 4 is 11.6 Å². The Labute approximate surface area is 123 Å². The number of hydrogen-bond donors (Lipinski definition) is 2. The molecule has 0 atom stereocenters. The SMILES string of the molecule is Cc1coc(-c2cccc(NC(=O)C3(O)CCCC3)c2)n1. The summed E-state index contributed by atoms with van der Waals surface area (Å²) < 4.78 is 5.36. The highest BCUT2D eigenvalue weighted by atomic mass is 16.3. The smallest absolute Gasteiger partial charge is 0.256 e. The Hall–Kier alpha value is -2.14. The van der Waals surface area contributed by atoms with Crippen LogP contribution in [0.25, 0.3) is 11.5 Å². The second-order valence-corrected chi connectivity index (χ2v) is 5.57. The van der Waals surface area contributed by atoms with Gasteiger partial charge in [-0.05, 0) is 50.8 Å². The number of carbonyl (C=O) groups is 1. The van der Waals surface area contributed by atoms with Gasteiger partial charge in [-0.1, -0.05) is 6.07 Å². The molecule has 3 rings (SSSR count). The highest BCUT2D eigenvalue weighted by Crippen LogP contribution is 2.31. The van der Waals surface area contributed by atoms with E-state index in [0.717, 1.165) is 24.1 Å². The molecule has 110 valence electrons. The Morgan fingerprint density at radius 1 is 1.38 bits per heavy atom. The van der Waals surface area contributed by atoms with Crippen molar-refractivity contribution in [3.05, 3.63) is 36.2 Å². The summed E-state index contributed by atoms with van der Waals surface area (Å²) in [5, 5.41) is 13.1. The molecule has 0 spiro atoms. The Kier molecular flexibility index (Phi) is 3.51. The Balaban J connectivity index is 1.79. The molecule has 0 saturated heterocycles. The average molecular weight is 286 g/mol. The molecular weight excluding hydrogens is 268 g/mol. The lowest BCUT2D eigenvalue weighted by atomic mass is 10.0. The van der Waals surface area contributed by atoms with Crippen LogP contribution in [-0.2, 0) is 4.79 Å². The molecule has 1 aliphatic rings. The molecule has 1 aromatic carbocycles. The minimum atomic E-state index is -1.23. The third kappa shape index (κ3) is 2.83. The molecule has 2 N–H and O–H groups in total. The zero-order chi connectivity index (χ0) is 14.9. The van der Waals surface area contributed by atoms with Gasteiger partial charge in [-0.25, -0.2) is 4.98 Å². The van der Waals surface area contributed by atoms with Crippen LogP contribution in [0.15, 0.2) is 34.9 Å². The number of nitrogens with one attached hydrogen (secondary N) is 1. The normalized spacial score (nSPS) is 16.9. The minimum absolute atomic E-state index is 0.333. The van der Waals surface area contributed by atoms with Crippen molar-refractivity contribution in [3.63, 3.8) is 0 Å². The maximum Gasteiger partial charge on any atom is 0.256 e. The third-order valence-corrected chi connectivity index (χ3v) is 3.84. The summed E-state index contributed by atoms with van der Waals surface area (Å²) >= 11 is 0. The molecule has 0 unspecified atom stereocenters. The van der Waals surface area contributed by atoms with Gasteiger partial charge in [-0.2, -0.15) is 0 Å². The summed E-state index contributed by atoms with van der Waals surface area (Å²) in [6.45, 7) is 1.86. The fraction of sp³-hybridized carbons (Fsp3) is 0.375. The summed E-state index contributed by atoms with van der Waals surface area (Å²) in [5.41, 5.74) is 1.00. The largest absolute Gasteiger partial charge is 0.444 e. The fourth-order valence-corrected chi connectivity index (χ4v) is 2.65. The molecule has 0 bridgehead atoms. The van der Waals surface area contributed by atoms with E-state index in [2.05, 4.69) is 10.3 Å². The van der Waals surface area contributed by atoms with Crippen LogP contribution in [0.5, 0.6) is 0 Å². The van der Waals surface area contributed by atoms with Gasteiger partial charge in [0.25, 0.3) is 5.91 Å². The van der Waals surface area contributed by atoms with Crippen LogP contribution in [0, 0.1) is 6.92 Å². The molecule has 1 saturated carbocycles. The molecule has 1 fully saturated rings. The van der Waals surface area contributed by atoms with Crippen molar-refractivity contribution in [2.75, 3.05) is 5.32 Å². The lowest BCUT2D eigenvalue weighted by molar-refractivity contribution is -0.133. The van der Waals surface area contributed by atoms with Crippen LogP contribution in [0.1, 0.15) is 31.4 Å². The zero-order valence-corrected chi connectivity index (χ0v) is 11.9. The van der Waals surface area contributed by atoms with Crippen molar-refractivity contribution in [3.8, 4) is 11.5 Å². The first kappa shape index (κ1) is 13.8. The van der Waals surface area contributed by atoms with Crippen LogP contribution >= 0.6 is 0 Å². The first-order valence-electron chi connectivity index (χ1n) is 7.13. The van der Waals surface area contributed by atoms with Gasteiger partial charge in [0.05, 0.1) is 5.69 Å². The highest BCUT2D eigenvalue weighted by molar-refractivity contribution is 5.97. The van der Waals surface area contributed by atoms with E-state index in [9.17, 15) is 9.90 Å². The Morgan fingerprint density at radius 3 is 2.81 bits per heavy atom. The lowest BCUT2D eigenvalue weighted by Gasteiger charge is -2.21. The third-order valence-electron chi connectivity index (χ3n) is 3.84. The Morgan fingerprint density at radius 2 is 2.14 bits per heavy atom. The van der Waals surface area contributed by atoms with Gasteiger partial charge in [0.2, 0.25) is 5.89 Å². The van der Waals surface area contributed by atoms with Crippen LogP contribution in [-0.4, -0.2) is 21.6 Å². The summed E-state index contributed by atoms with van der Waals surface area (Å²) in [6.07, 6.45) is 4.41. The topological polar surface area (TPSA) is 75.4 Å². The summed E-state index contributed by atoms with van der Waals surface area (Å²) in [6, 6.07) is 7.27. The molecule has 2 aromatic rings. The molecule has 0 radical (unpaired) electrons. The highest BCUT2D eigenvalue weighted by Gasteiger charge is 2.38. The number of aliphatic hydroxyl groups is 1. The van der Waals surface area contributed by atoms with E-state index in [-0.39, 0.29) is 5.91 Å². The molecule has 1 aromatic heterocycles. The number of amides is 1. The molecular formula is C16H18N2O3. The number of rotatable bonds is 3. The number of aromatic nitrogens is 1. The molecule has 5 nitrogen and oxygen atoms in total. The summed E-state index contributed by atoms with van der Waals surface area (Å²) in [4.78, 5) is 16.5. The molecule has 1 amide bonds. The lowest BCUT2D eigenvalue weighted by Crippen LogP contribution is -2.40. The van der Waals surface area contributed by atoms with Crippen LogP contribution in [0.4, 0.5) is 5.69 Å². The first-order chi connectivity index (χ1) is 10.1. The molecule has 5 heteroatoms. The summed E-state index contributed by atoms with van der Waals surface area (Å²) in [5.74, 6) is 0.184. The monoisotopic (exact) mass is 286 g/mol. The summed E-state index contributed by atoms with van der Waals surface area (Å²) in [7, 11) is 0. The van der Waals surface area contributed by atoms with Gasteiger partial charge in [0, 0.05) is 11.3 Å². The Bertz CT molecular complexity index is 657. The van der Waals surface area contributed by atoms with Gasteiger partial charge in [-0.15, -0.1) is 0 Å². The van der Waals surface area contributed by atoms with Crippen LogP contribution < -0.4 is 5.32 Å². The average Bonchev–Trinajstić information content (AvgIpc) is 3.09. The van der Waals surface area contributed by atoms with Gasteiger partial charge in [-0.3, -0.25) is 4.79 Å². The van der Waals surface area contributed by atoms with E-state index in [1.165, 1.54) is 0 Å². The van der Waals surface area contributed by atoms with Gasteiger partial charge in [0.15, 0.2) is 0 Å². The maximum atomic E-state index is 12.2. The zero-order valence-electron chi connectivity index (χ0n) is 11.9. The van der Waals surface area contributed by atoms with Crippen molar-refractivity contribution in [2.45, 2.75) is 38.2 Å². The molecule has 21 heavy (non-hydrogen) atoms. The standard InChI is InChI=1S/C16H18N2O3/c1-11-10-21-14(17-11)12-5-4-6-13(9-12)18-15(19)16(20)7-2-3-8-16/h4-6,9-10,20H,2-3,7-8H2,1H3,(H,18,19). The fourth-order valence-electron chi connectivity index (χ4n) is 2.65. The van der Waals surface area contributed by atoms with Crippen molar-refractivity contribution < 1.29 is 14.3 Å². The number of benzene rings is 1. The predicted molar refractivity (Wildman–Crippen MR) is 78.7 cm³/mol.